The number of rotatable bonds is 5. The molecule has 0 spiro atoms. The largest absolute Gasteiger partial charge is 0.434 e. The van der Waals surface area contributed by atoms with Crippen molar-refractivity contribution in [2.75, 3.05) is 26.7 Å². The second kappa shape index (κ2) is 8.30. The van der Waals surface area contributed by atoms with Gasteiger partial charge >= 0.3 is 6.18 Å². The molecule has 0 unspecified atom stereocenters. The van der Waals surface area contributed by atoms with Crippen LogP contribution in [0.2, 0.25) is 0 Å². The number of halogens is 4. The zero-order valence-electron chi connectivity index (χ0n) is 15.5. The molecule has 1 saturated heterocycles. The van der Waals surface area contributed by atoms with Gasteiger partial charge < -0.3 is 10.2 Å². The Kier molecular flexibility index (Phi) is 6.02. The van der Waals surface area contributed by atoms with Crippen molar-refractivity contribution < 1.29 is 22.4 Å². The van der Waals surface area contributed by atoms with Crippen molar-refractivity contribution in [2.24, 2.45) is 5.92 Å². The Morgan fingerprint density at radius 1 is 1.25 bits per heavy atom. The van der Waals surface area contributed by atoms with Crippen molar-refractivity contribution in [3.63, 3.8) is 0 Å². The summed E-state index contributed by atoms with van der Waals surface area (Å²) in [5, 5.41) is 6.76. The molecule has 0 bridgehead atoms. The molecule has 2 aromatic rings. The van der Waals surface area contributed by atoms with Crippen LogP contribution >= 0.6 is 0 Å². The summed E-state index contributed by atoms with van der Waals surface area (Å²) in [6.07, 6.45) is -1.51. The summed E-state index contributed by atoms with van der Waals surface area (Å²) in [5.41, 5.74) is -2.15. The molecule has 152 valence electrons. The Morgan fingerprint density at radius 2 is 1.93 bits per heavy atom. The first-order valence-corrected chi connectivity index (χ1v) is 9.17. The molecule has 5 nitrogen and oxygen atoms in total. The van der Waals surface area contributed by atoms with E-state index in [-0.39, 0.29) is 5.69 Å². The van der Waals surface area contributed by atoms with Gasteiger partial charge in [0.15, 0.2) is 5.69 Å². The van der Waals surface area contributed by atoms with Gasteiger partial charge in [0.25, 0.3) is 5.91 Å². The molecule has 1 aliphatic heterocycles. The maximum Gasteiger partial charge on any atom is 0.434 e. The summed E-state index contributed by atoms with van der Waals surface area (Å²) in [4.78, 5) is 14.2. The summed E-state index contributed by atoms with van der Waals surface area (Å²) < 4.78 is 55.7. The van der Waals surface area contributed by atoms with Crippen LogP contribution in [0.1, 0.15) is 35.3 Å². The first kappa shape index (κ1) is 20.3. The fourth-order valence-corrected chi connectivity index (χ4v) is 3.53. The maximum absolute atomic E-state index is 14.0. The van der Waals surface area contributed by atoms with E-state index in [1.807, 2.05) is 7.05 Å². The molecule has 2 heterocycles. The number of piperidine rings is 1. The van der Waals surface area contributed by atoms with E-state index < -0.39 is 29.2 Å². The van der Waals surface area contributed by atoms with Crippen LogP contribution in [0.4, 0.5) is 17.6 Å². The molecule has 1 aromatic heterocycles. The molecule has 1 amide bonds. The van der Waals surface area contributed by atoms with Gasteiger partial charge in [0.05, 0.1) is 11.8 Å². The minimum absolute atomic E-state index is 0.348. The lowest BCUT2D eigenvalue weighted by molar-refractivity contribution is -0.143. The molecule has 3 rings (SSSR count). The lowest BCUT2D eigenvalue weighted by Crippen LogP contribution is -2.39. The molecular weight excluding hydrogens is 376 g/mol. The molecule has 28 heavy (non-hydrogen) atoms. The first-order valence-electron chi connectivity index (χ1n) is 9.17. The van der Waals surface area contributed by atoms with Gasteiger partial charge in [-0.15, -0.1) is 0 Å². The summed E-state index contributed by atoms with van der Waals surface area (Å²) in [7, 11) is 1.87. The van der Waals surface area contributed by atoms with Crippen LogP contribution in [-0.4, -0.2) is 47.3 Å². The molecule has 1 aliphatic rings. The predicted octanol–water partition coefficient (Wildman–Crippen LogP) is 3.49. The number of aromatic nitrogens is 2. The zero-order valence-corrected chi connectivity index (χ0v) is 15.5. The highest BCUT2D eigenvalue weighted by Crippen LogP contribution is 2.35. The third-order valence-electron chi connectivity index (χ3n) is 5.05. The molecule has 0 radical (unpaired) electrons. The molecule has 1 aromatic carbocycles. The second-order valence-electron chi connectivity index (χ2n) is 6.90. The summed E-state index contributed by atoms with van der Waals surface area (Å²) in [6.45, 7) is 1.66. The average molecular weight is 398 g/mol. The lowest BCUT2D eigenvalue weighted by Gasteiger charge is -2.32. The standard InChI is InChI=1S/C19H22F4N4O/c1-24-9-6-13-7-10-26(11-8-13)18(28)14-12-25-27(17(14)19(21,22)23)16-5-3-2-4-15(16)20/h2-5,12-13,24H,6-11H2,1H3. The third-order valence-corrected chi connectivity index (χ3v) is 5.05. The van der Waals surface area contributed by atoms with Gasteiger partial charge in [-0.25, -0.2) is 9.07 Å². The number of carbonyl (C=O) groups is 1. The highest BCUT2D eigenvalue weighted by atomic mass is 19.4. The van der Waals surface area contributed by atoms with E-state index in [1.165, 1.54) is 23.1 Å². The van der Waals surface area contributed by atoms with Gasteiger partial charge in [0, 0.05) is 13.1 Å². The van der Waals surface area contributed by atoms with Crippen LogP contribution in [-0.2, 0) is 6.18 Å². The number of amides is 1. The molecule has 1 N–H and O–H groups in total. The number of carbonyl (C=O) groups excluding carboxylic acids is 1. The van der Waals surface area contributed by atoms with Crippen LogP contribution < -0.4 is 5.32 Å². The van der Waals surface area contributed by atoms with Crippen LogP contribution in [0.15, 0.2) is 30.5 Å². The Balaban J connectivity index is 1.87. The minimum Gasteiger partial charge on any atom is -0.339 e. The van der Waals surface area contributed by atoms with E-state index in [1.54, 1.807) is 0 Å². The van der Waals surface area contributed by atoms with Gasteiger partial charge in [0.2, 0.25) is 0 Å². The SMILES string of the molecule is CNCCC1CCN(C(=O)c2cnn(-c3ccccc3F)c2C(F)(F)F)CC1. The van der Waals surface area contributed by atoms with E-state index in [9.17, 15) is 22.4 Å². The summed E-state index contributed by atoms with van der Waals surface area (Å²) >= 11 is 0. The highest BCUT2D eigenvalue weighted by molar-refractivity contribution is 5.95. The van der Waals surface area contributed by atoms with Gasteiger partial charge in [-0.2, -0.15) is 18.3 Å². The van der Waals surface area contributed by atoms with Crippen LogP contribution in [0.25, 0.3) is 5.69 Å². The van der Waals surface area contributed by atoms with E-state index in [0.29, 0.717) is 23.7 Å². The summed E-state index contributed by atoms with van der Waals surface area (Å²) in [5.74, 6) is -1.12. The average Bonchev–Trinajstić information content (AvgIpc) is 3.12. The number of hydrogen-bond acceptors (Lipinski definition) is 3. The molecule has 0 saturated carbocycles. The van der Waals surface area contributed by atoms with Crippen LogP contribution in [0.5, 0.6) is 0 Å². The van der Waals surface area contributed by atoms with Crippen LogP contribution in [0.3, 0.4) is 0 Å². The Labute approximate surface area is 160 Å². The minimum atomic E-state index is -4.85. The smallest absolute Gasteiger partial charge is 0.339 e. The number of hydrogen-bond donors (Lipinski definition) is 1. The number of likely N-dealkylation sites (tertiary alicyclic amines) is 1. The predicted molar refractivity (Wildman–Crippen MR) is 95.7 cm³/mol. The molecule has 0 aliphatic carbocycles. The number of benzene rings is 1. The zero-order chi connectivity index (χ0) is 20.3. The maximum atomic E-state index is 14.0. The fraction of sp³-hybridized carbons (Fsp3) is 0.474. The third kappa shape index (κ3) is 4.19. The summed E-state index contributed by atoms with van der Waals surface area (Å²) in [6, 6.07) is 5.03. The number of alkyl halides is 3. The van der Waals surface area contributed by atoms with Gasteiger partial charge in [-0.1, -0.05) is 12.1 Å². The Hall–Kier alpha value is -2.42. The van der Waals surface area contributed by atoms with Crippen LogP contribution in [0, 0.1) is 11.7 Å². The van der Waals surface area contributed by atoms with E-state index in [4.69, 9.17) is 0 Å². The van der Waals surface area contributed by atoms with E-state index >= 15 is 0 Å². The lowest BCUT2D eigenvalue weighted by atomic mass is 9.93. The second-order valence-corrected chi connectivity index (χ2v) is 6.90. The topological polar surface area (TPSA) is 50.2 Å². The monoisotopic (exact) mass is 398 g/mol. The Morgan fingerprint density at radius 3 is 2.54 bits per heavy atom. The molecule has 1 fully saturated rings. The number of para-hydroxylation sites is 1. The molecular formula is C19H22F4N4O. The van der Waals surface area contributed by atoms with Gasteiger partial charge in [0.1, 0.15) is 11.5 Å². The van der Waals surface area contributed by atoms with Gasteiger partial charge in [-0.3, -0.25) is 4.79 Å². The quantitative estimate of drug-likeness (QED) is 0.785. The van der Waals surface area contributed by atoms with Crippen molar-refractivity contribution in [2.45, 2.75) is 25.4 Å². The van der Waals surface area contributed by atoms with Crippen molar-refractivity contribution in [1.29, 1.82) is 0 Å². The van der Waals surface area contributed by atoms with Gasteiger partial charge in [-0.05, 0) is 50.9 Å². The molecule has 9 heteroatoms. The highest BCUT2D eigenvalue weighted by Gasteiger charge is 2.42. The van der Waals surface area contributed by atoms with Crippen molar-refractivity contribution >= 4 is 5.91 Å². The van der Waals surface area contributed by atoms with Crippen molar-refractivity contribution in [3.8, 4) is 5.69 Å². The first-order chi connectivity index (χ1) is 13.3. The normalized spacial score (nSPS) is 15.8. The van der Waals surface area contributed by atoms with Crippen molar-refractivity contribution in [3.05, 3.63) is 47.5 Å². The Bertz CT molecular complexity index is 826. The van der Waals surface area contributed by atoms with E-state index in [0.717, 1.165) is 38.1 Å². The van der Waals surface area contributed by atoms with E-state index in [2.05, 4.69) is 10.4 Å². The number of nitrogens with one attached hydrogen (secondary N) is 1. The number of nitrogens with zero attached hydrogens (tertiary/aromatic N) is 3. The molecule has 0 atom stereocenters. The fourth-order valence-electron chi connectivity index (χ4n) is 3.53. The van der Waals surface area contributed by atoms with Crippen molar-refractivity contribution in [1.82, 2.24) is 20.0 Å².